The molecule has 0 radical (unpaired) electrons. The van der Waals surface area contributed by atoms with Crippen molar-refractivity contribution in [3.8, 4) is 0 Å². The molecular formula is C25H33FO8. The second-order valence-electron chi connectivity index (χ2n) is 10.7. The molecule has 8 nitrogen and oxygen atoms in total. The standard InChI is InChI=1S/C25H33FO8/c1-4-15(28)22(32)34-20-16(29)9-12-5-6-13-14-7-8-25(33,18(31)11-27)23(14,2)10-17(30)19(13)24(12,3)21(20)26/h9,13-15,17,19,27-28,30,33H,4-8,10-11H2,1-3H3/t13-,14-,15?,17-,19+,23-,24-,25-/m0/s1. The summed E-state index contributed by atoms with van der Waals surface area (Å²) in [5.41, 5.74) is -3.67. The van der Waals surface area contributed by atoms with Crippen LogP contribution in [0.3, 0.4) is 0 Å². The molecule has 0 saturated heterocycles. The van der Waals surface area contributed by atoms with Gasteiger partial charge in [-0.3, -0.25) is 9.59 Å². The largest absolute Gasteiger partial charge is 0.418 e. The topological polar surface area (TPSA) is 141 Å². The monoisotopic (exact) mass is 480 g/mol. The molecule has 0 aromatic carbocycles. The van der Waals surface area contributed by atoms with Crippen molar-refractivity contribution in [2.45, 2.75) is 77.1 Å². The Hall–Kier alpha value is -1.94. The van der Waals surface area contributed by atoms with Crippen molar-refractivity contribution >= 4 is 17.5 Å². The van der Waals surface area contributed by atoms with Crippen LogP contribution in [0.25, 0.3) is 0 Å². The van der Waals surface area contributed by atoms with E-state index in [1.165, 1.54) is 6.08 Å². The van der Waals surface area contributed by atoms with Gasteiger partial charge in [-0.15, -0.1) is 0 Å². The number of carbonyl (C=O) groups is 3. The van der Waals surface area contributed by atoms with E-state index in [-0.39, 0.29) is 31.1 Å². The number of fused-ring (bicyclic) bond motifs is 5. The van der Waals surface area contributed by atoms with E-state index in [1.54, 1.807) is 20.8 Å². The Balaban J connectivity index is 1.75. The molecule has 4 aliphatic rings. The Labute approximate surface area is 197 Å². The highest BCUT2D eigenvalue weighted by molar-refractivity contribution is 6.06. The molecule has 3 saturated carbocycles. The summed E-state index contributed by atoms with van der Waals surface area (Å²) in [7, 11) is 0. The Morgan fingerprint density at radius 1 is 1.29 bits per heavy atom. The summed E-state index contributed by atoms with van der Waals surface area (Å²) >= 11 is 0. The number of allylic oxidation sites excluding steroid dienone is 3. The molecule has 1 unspecified atom stereocenters. The lowest BCUT2D eigenvalue weighted by Crippen LogP contribution is -2.62. The minimum atomic E-state index is -1.77. The molecule has 0 spiro atoms. The van der Waals surface area contributed by atoms with E-state index in [0.717, 1.165) is 0 Å². The number of hydrogen-bond donors (Lipinski definition) is 4. The molecule has 0 aromatic heterocycles. The first-order valence-electron chi connectivity index (χ1n) is 12.0. The van der Waals surface area contributed by atoms with E-state index in [1.807, 2.05) is 0 Å². The van der Waals surface area contributed by atoms with Gasteiger partial charge in [0.1, 0.15) is 12.2 Å². The maximum absolute atomic E-state index is 16.1. The number of halogens is 1. The molecule has 4 N–H and O–H groups in total. The van der Waals surface area contributed by atoms with Crippen molar-refractivity contribution in [2.24, 2.45) is 28.6 Å². The van der Waals surface area contributed by atoms with Crippen LogP contribution in [0.1, 0.15) is 59.3 Å². The average molecular weight is 481 g/mol. The van der Waals surface area contributed by atoms with Crippen molar-refractivity contribution in [3.05, 3.63) is 23.2 Å². The van der Waals surface area contributed by atoms with Crippen molar-refractivity contribution in [2.75, 3.05) is 6.61 Å². The van der Waals surface area contributed by atoms with Crippen molar-refractivity contribution in [3.63, 3.8) is 0 Å². The molecule has 34 heavy (non-hydrogen) atoms. The third-order valence-corrected chi connectivity index (χ3v) is 9.34. The molecule has 0 bridgehead atoms. The Kier molecular flexibility index (Phi) is 6.16. The number of aliphatic hydroxyl groups excluding tert-OH is 3. The molecular weight excluding hydrogens is 447 g/mol. The predicted molar refractivity (Wildman–Crippen MR) is 116 cm³/mol. The number of carbonyl (C=O) groups excluding carboxylic acids is 3. The van der Waals surface area contributed by atoms with Crippen LogP contribution >= 0.6 is 0 Å². The molecule has 9 heteroatoms. The van der Waals surface area contributed by atoms with E-state index < -0.39 is 70.3 Å². The fraction of sp³-hybridized carbons (Fsp3) is 0.720. The first kappa shape index (κ1) is 25.2. The van der Waals surface area contributed by atoms with Crippen molar-refractivity contribution < 1.29 is 43.9 Å². The second-order valence-corrected chi connectivity index (χ2v) is 10.7. The lowest BCUT2D eigenvalue weighted by molar-refractivity contribution is -0.180. The van der Waals surface area contributed by atoms with Gasteiger partial charge in [0.05, 0.1) is 11.5 Å². The molecule has 8 atom stereocenters. The molecule has 0 aromatic rings. The Morgan fingerprint density at radius 2 is 1.97 bits per heavy atom. The highest BCUT2D eigenvalue weighted by Crippen LogP contribution is 2.68. The van der Waals surface area contributed by atoms with Crippen LogP contribution in [0.5, 0.6) is 0 Å². The van der Waals surface area contributed by atoms with Gasteiger partial charge in [0, 0.05) is 11.3 Å². The highest BCUT2D eigenvalue weighted by Gasteiger charge is 2.69. The zero-order valence-corrected chi connectivity index (χ0v) is 19.7. The zero-order chi connectivity index (χ0) is 25.2. The van der Waals surface area contributed by atoms with Crippen LogP contribution in [0.4, 0.5) is 4.39 Å². The van der Waals surface area contributed by atoms with Gasteiger partial charge in [-0.1, -0.05) is 19.4 Å². The number of ketones is 2. The maximum atomic E-state index is 16.1. The normalized spacial score (nSPS) is 42.4. The van der Waals surface area contributed by atoms with Gasteiger partial charge >= 0.3 is 5.97 Å². The van der Waals surface area contributed by atoms with Gasteiger partial charge in [-0.25, -0.2) is 9.18 Å². The van der Waals surface area contributed by atoms with Crippen LogP contribution in [-0.4, -0.2) is 62.4 Å². The van der Waals surface area contributed by atoms with Gasteiger partial charge in [0.25, 0.3) is 0 Å². The third-order valence-electron chi connectivity index (χ3n) is 9.34. The molecule has 188 valence electrons. The fourth-order valence-corrected chi connectivity index (χ4v) is 7.46. The summed E-state index contributed by atoms with van der Waals surface area (Å²) in [6, 6.07) is 0. The molecule has 3 fully saturated rings. The predicted octanol–water partition coefficient (Wildman–Crippen LogP) is 1.50. The third kappa shape index (κ3) is 3.20. The number of ether oxygens (including phenoxy) is 1. The van der Waals surface area contributed by atoms with Crippen LogP contribution in [0.15, 0.2) is 23.2 Å². The van der Waals surface area contributed by atoms with Crippen LogP contribution < -0.4 is 0 Å². The average Bonchev–Trinajstić information content (AvgIpc) is 3.07. The second kappa shape index (κ2) is 8.33. The lowest BCUT2D eigenvalue weighted by Gasteiger charge is -2.59. The lowest BCUT2D eigenvalue weighted by atomic mass is 9.46. The molecule has 0 aliphatic heterocycles. The summed E-state index contributed by atoms with van der Waals surface area (Å²) < 4.78 is 21.1. The quantitative estimate of drug-likeness (QED) is 0.434. The van der Waals surface area contributed by atoms with Gasteiger partial charge in [0.15, 0.2) is 17.7 Å². The minimum absolute atomic E-state index is 0.0227. The molecule has 4 aliphatic carbocycles. The number of Topliss-reactive ketones (excluding diaryl/α,β-unsaturated/α-hetero) is 1. The number of hydrogen-bond acceptors (Lipinski definition) is 8. The summed E-state index contributed by atoms with van der Waals surface area (Å²) in [6.07, 6.45) is 0.265. The van der Waals surface area contributed by atoms with Crippen LogP contribution in [0, 0.1) is 28.6 Å². The Bertz CT molecular complexity index is 987. The van der Waals surface area contributed by atoms with E-state index in [4.69, 9.17) is 4.74 Å². The smallest absolute Gasteiger partial charge is 0.340 e. The number of aliphatic hydroxyl groups is 4. The SMILES string of the molecule is CCC(O)C(=O)OC1=C(F)[C@@]2(C)C(=CC1=O)CC[C@@H]1[C@@H]2[C@@H](O)C[C@@]2(C)[C@H]1CC[C@]2(O)C(=O)CO. The van der Waals surface area contributed by atoms with Gasteiger partial charge in [0.2, 0.25) is 11.5 Å². The van der Waals surface area contributed by atoms with Crippen molar-refractivity contribution in [1.29, 1.82) is 0 Å². The summed E-state index contributed by atoms with van der Waals surface area (Å²) in [4.78, 5) is 37.3. The summed E-state index contributed by atoms with van der Waals surface area (Å²) in [5, 5.41) is 41.8. The maximum Gasteiger partial charge on any atom is 0.340 e. The van der Waals surface area contributed by atoms with E-state index in [2.05, 4.69) is 0 Å². The Morgan fingerprint density at radius 3 is 2.59 bits per heavy atom. The van der Waals surface area contributed by atoms with Crippen LogP contribution in [0.2, 0.25) is 0 Å². The summed E-state index contributed by atoms with van der Waals surface area (Å²) in [5.74, 6) is -5.44. The first-order chi connectivity index (χ1) is 15.9. The first-order valence-corrected chi connectivity index (χ1v) is 12.0. The molecule has 0 heterocycles. The van der Waals surface area contributed by atoms with E-state index in [9.17, 15) is 34.8 Å². The number of esters is 1. The van der Waals surface area contributed by atoms with Gasteiger partial charge < -0.3 is 25.2 Å². The zero-order valence-electron chi connectivity index (χ0n) is 19.7. The van der Waals surface area contributed by atoms with E-state index >= 15 is 4.39 Å². The highest BCUT2D eigenvalue weighted by atomic mass is 19.1. The van der Waals surface area contributed by atoms with E-state index in [0.29, 0.717) is 24.8 Å². The van der Waals surface area contributed by atoms with Crippen molar-refractivity contribution in [1.82, 2.24) is 0 Å². The molecule has 4 rings (SSSR count). The summed E-state index contributed by atoms with van der Waals surface area (Å²) in [6.45, 7) is 4.09. The van der Waals surface area contributed by atoms with Gasteiger partial charge in [-0.05, 0) is 63.4 Å². The molecule has 0 amide bonds. The number of rotatable bonds is 5. The fourth-order valence-electron chi connectivity index (χ4n) is 7.46. The van der Waals surface area contributed by atoms with Gasteiger partial charge in [-0.2, -0.15) is 0 Å². The van der Waals surface area contributed by atoms with Crippen LogP contribution in [-0.2, 0) is 19.1 Å². The minimum Gasteiger partial charge on any atom is -0.418 e.